The van der Waals surface area contributed by atoms with E-state index in [1.165, 1.54) is 27.5 Å². The van der Waals surface area contributed by atoms with Crippen LogP contribution >= 0.6 is 0 Å². The molecule has 0 saturated heterocycles. The van der Waals surface area contributed by atoms with Gasteiger partial charge in [0.2, 0.25) is 0 Å². The molecule has 0 spiro atoms. The minimum Gasteiger partial charge on any atom is -0.383 e. The van der Waals surface area contributed by atoms with E-state index in [1.807, 2.05) is 6.07 Å². The molecule has 7 aromatic carbocycles. The van der Waals surface area contributed by atoms with Gasteiger partial charge in [-0.05, 0) is 71.3 Å². The van der Waals surface area contributed by atoms with Gasteiger partial charge in [0.25, 0.3) is 0 Å². The highest BCUT2D eigenvalue weighted by Gasteiger charge is 2.27. The van der Waals surface area contributed by atoms with Crippen molar-refractivity contribution in [2.45, 2.75) is 6.54 Å². The average molecular weight is 631 g/mol. The van der Waals surface area contributed by atoms with Crippen molar-refractivity contribution >= 4 is 49.9 Å². The summed E-state index contributed by atoms with van der Waals surface area (Å²) in [4.78, 5) is 2.38. The van der Waals surface area contributed by atoms with E-state index in [-0.39, 0.29) is 0 Å². The smallest absolute Gasteiger partial charge is 0.133 e. The summed E-state index contributed by atoms with van der Waals surface area (Å²) >= 11 is 0. The molecule has 4 nitrogen and oxygen atoms in total. The lowest BCUT2D eigenvalue weighted by molar-refractivity contribution is 0.977. The molecule has 0 aliphatic carbocycles. The van der Waals surface area contributed by atoms with Crippen molar-refractivity contribution in [1.82, 2.24) is 9.13 Å². The number of rotatable bonds is 7. The van der Waals surface area contributed by atoms with Crippen LogP contribution < -0.4 is 10.6 Å². The maximum atomic E-state index is 7.43. The molecule has 2 aromatic heterocycles. The molecule has 234 valence electrons. The first kappa shape index (κ1) is 28.7. The molecule has 9 rings (SSSR count). The number of para-hydroxylation sites is 3. The van der Waals surface area contributed by atoms with E-state index in [1.54, 1.807) is 0 Å². The van der Waals surface area contributed by atoms with Crippen molar-refractivity contribution in [2.75, 3.05) is 10.6 Å². The zero-order valence-electron chi connectivity index (χ0n) is 26.9. The van der Waals surface area contributed by atoms with Gasteiger partial charge in [0.05, 0.1) is 27.6 Å². The Morgan fingerprint density at radius 1 is 0.469 bits per heavy atom. The van der Waals surface area contributed by atoms with Gasteiger partial charge in [-0.15, -0.1) is 0 Å². The second-order valence-corrected chi connectivity index (χ2v) is 12.4. The number of benzene rings is 7. The predicted molar refractivity (Wildman–Crippen MR) is 206 cm³/mol. The molecule has 0 saturated carbocycles. The van der Waals surface area contributed by atoms with E-state index >= 15 is 0 Å². The molecule has 0 aliphatic heterocycles. The summed E-state index contributed by atoms with van der Waals surface area (Å²) in [6, 6.07) is 64.4. The maximum Gasteiger partial charge on any atom is 0.133 e. The summed E-state index contributed by atoms with van der Waals surface area (Å²) < 4.78 is 4.64. The minimum absolute atomic E-state index is 0.656. The van der Waals surface area contributed by atoms with Gasteiger partial charge in [0.15, 0.2) is 0 Å². The Morgan fingerprint density at radius 3 is 1.67 bits per heavy atom. The van der Waals surface area contributed by atoms with Gasteiger partial charge in [-0.3, -0.25) is 4.57 Å². The van der Waals surface area contributed by atoms with Crippen LogP contribution in [0.1, 0.15) is 5.56 Å². The minimum atomic E-state index is 0.656. The first-order valence-corrected chi connectivity index (χ1v) is 16.7. The van der Waals surface area contributed by atoms with Crippen molar-refractivity contribution in [2.24, 2.45) is 0 Å². The molecule has 0 unspecified atom stereocenters. The first-order chi connectivity index (χ1) is 24.3. The van der Waals surface area contributed by atoms with Crippen LogP contribution in [0.25, 0.3) is 55.2 Å². The van der Waals surface area contributed by atoms with Gasteiger partial charge >= 0.3 is 0 Å². The van der Waals surface area contributed by atoms with E-state index in [2.05, 4.69) is 190 Å². The summed E-state index contributed by atoms with van der Waals surface area (Å²) in [5.41, 5.74) is 18.6. The van der Waals surface area contributed by atoms with Crippen LogP contribution in [0.15, 0.2) is 182 Å². The highest BCUT2D eigenvalue weighted by atomic mass is 15.2. The summed E-state index contributed by atoms with van der Waals surface area (Å²) in [6.07, 6.45) is 0. The normalized spacial score (nSPS) is 11.4. The monoisotopic (exact) mass is 630 g/mol. The van der Waals surface area contributed by atoms with Crippen molar-refractivity contribution in [1.29, 1.82) is 0 Å². The second-order valence-electron chi connectivity index (χ2n) is 12.4. The molecule has 49 heavy (non-hydrogen) atoms. The van der Waals surface area contributed by atoms with Crippen molar-refractivity contribution in [3.63, 3.8) is 0 Å². The maximum absolute atomic E-state index is 7.43. The standard InChI is InChI=1S/C45H34N4/c46-45-44(47(35-20-10-3-11-21-35)31-32-16-6-1-7-17-32)42-41(49(45)37-24-14-5-15-25-37)29-27-38-39-30-34(33-18-8-2-9-19-33)26-28-40(39)48(43(38)42)36-22-12-4-13-23-36/h1-30H,31,46H2. The van der Waals surface area contributed by atoms with Crippen LogP contribution in [0.2, 0.25) is 0 Å². The highest BCUT2D eigenvalue weighted by Crippen LogP contribution is 2.48. The lowest BCUT2D eigenvalue weighted by Gasteiger charge is -2.26. The predicted octanol–water partition coefficient (Wildman–Crippen LogP) is 11.3. The fraction of sp³-hybridized carbons (Fsp3) is 0.0222. The SMILES string of the molecule is Nc1c(N(Cc2ccccc2)c2ccccc2)c2c(ccc3c4cc(-c5ccccc5)ccc4n(-c4ccccc4)c32)n1-c1ccccc1. The Bertz CT molecular complexity index is 2550. The third-order valence-corrected chi connectivity index (χ3v) is 9.53. The highest BCUT2D eigenvalue weighted by molar-refractivity contribution is 6.24. The molecule has 0 amide bonds. The number of hydrogen-bond donors (Lipinski definition) is 1. The molecule has 0 bridgehead atoms. The number of aromatic nitrogens is 2. The number of anilines is 3. The van der Waals surface area contributed by atoms with Crippen LogP contribution in [0.3, 0.4) is 0 Å². The van der Waals surface area contributed by atoms with E-state index in [4.69, 9.17) is 5.73 Å². The summed E-state index contributed by atoms with van der Waals surface area (Å²) in [5, 5.41) is 3.50. The molecule has 2 N–H and O–H groups in total. The average Bonchev–Trinajstić information content (AvgIpc) is 3.66. The molecule has 9 aromatic rings. The third-order valence-electron chi connectivity index (χ3n) is 9.53. The van der Waals surface area contributed by atoms with Crippen molar-refractivity contribution < 1.29 is 0 Å². The summed E-state index contributed by atoms with van der Waals surface area (Å²) in [7, 11) is 0. The van der Waals surface area contributed by atoms with E-state index < -0.39 is 0 Å². The molecule has 0 atom stereocenters. The van der Waals surface area contributed by atoms with Crippen LogP contribution in [-0.4, -0.2) is 9.13 Å². The zero-order valence-corrected chi connectivity index (χ0v) is 26.9. The molecule has 0 aliphatic rings. The Kier molecular flexibility index (Phi) is 6.98. The van der Waals surface area contributed by atoms with Crippen LogP contribution in [0.5, 0.6) is 0 Å². The lowest BCUT2D eigenvalue weighted by atomic mass is 10.0. The van der Waals surface area contributed by atoms with Crippen LogP contribution in [0, 0.1) is 0 Å². The fourth-order valence-corrected chi connectivity index (χ4v) is 7.34. The molecule has 0 radical (unpaired) electrons. The van der Waals surface area contributed by atoms with Gasteiger partial charge in [0, 0.05) is 34.4 Å². The first-order valence-electron chi connectivity index (χ1n) is 16.7. The molecule has 2 heterocycles. The Hall–Kier alpha value is -6.52. The third kappa shape index (κ3) is 4.85. The second kappa shape index (κ2) is 11.9. The van der Waals surface area contributed by atoms with Crippen molar-refractivity contribution in [3.8, 4) is 22.5 Å². The van der Waals surface area contributed by atoms with Crippen molar-refractivity contribution in [3.05, 3.63) is 188 Å². The summed E-state index contributed by atoms with van der Waals surface area (Å²) in [6.45, 7) is 0.656. The largest absolute Gasteiger partial charge is 0.383 e. The molecule has 4 heteroatoms. The van der Waals surface area contributed by atoms with Gasteiger partial charge < -0.3 is 15.2 Å². The zero-order chi connectivity index (χ0) is 32.7. The summed E-state index contributed by atoms with van der Waals surface area (Å²) in [5.74, 6) is 0.698. The number of nitrogens with zero attached hydrogens (tertiary/aromatic N) is 3. The van der Waals surface area contributed by atoms with Crippen LogP contribution in [0.4, 0.5) is 17.2 Å². The lowest BCUT2D eigenvalue weighted by Crippen LogP contribution is -2.18. The van der Waals surface area contributed by atoms with Crippen LogP contribution in [-0.2, 0) is 6.54 Å². The Labute approximate surface area is 285 Å². The van der Waals surface area contributed by atoms with E-state index in [0.717, 1.165) is 44.7 Å². The fourth-order valence-electron chi connectivity index (χ4n) is 7.34. The van der Waals surface area contributed by atoms with Gasteiger partial charge in [-0.1, -0.05) is 127 Å². The van der Waals surface area contributed by atoms with E-state index in [9.17, 15) is 0 Å². The Morgan fingerprint density at radius 2 is 1.02 bits per heavy atom. The molecular formula is C45H34N4. The van der Waals surface area contributed by atoms with Gasteiger partial charge in [-0.2, -0.15) is 0 Å². The molecular weight excluding hydrogens is 597 g/mol. The quantitative estimate of drug-likeness (QED) is 0.190. The number of nitrogen functional groups attached to an aromatic ring is 1. The molecule has 0 fully saturated rings. The number of hydrogen-bond acceptors (Lipinski definition) is 2. The number of fused-ring (bicyclic) bond motifs is 5. The van der Waals surface area contributed by atoms with Gasteiger partial charge in [-0.25, -0.2) is 0 Å². The Balaban J connectivity index is 1.45. The number of nitrogens with two attached hydrogens (primary N) is 1. The van der Waals surface area contributed by atoms with E-state index in [0.29, 0.717) is 12.4 Å². The van der Waals surface area contributed by atoms with Gasteiger partial charge in [0.1, 0.15) is 5.82 Å². The topological polar surface area (TPSA) is 39.1 Å².